The number of amides is 1. The van der Waals surface area contributed by atoms with E-state index in [-0.39, 0.29) is 5.91 Å². The Balaban J connectivity index is 1.84. The van der Waals surface area contributed by atoms with E-state index in [1.165, 1.54) is 6.42 Å². The molecule has 5 heteroatoms. The van der Waals surface area contributed by atoms with Crippen LogP contribution in [-0.2, 0) is 0 Å². The molecule has 21 heavy (non-hydrogen) atoms. The van der Waals surface area contributed by atoms with Gasteiger partial charge in [0.2, 0.25) is 0 Å². The van der Waals surface area contributed by atoms with Crippen LogP contribution in [0, 0.1) is 0 Å². The van der Waals surface area contributed by atoms with E-state index >= 15 is 0 Å². The number of benzene rings is 1. The van der Waals surface area contributed by atoms with Crippen LogP contribution < -0.4 is 0 Å². The maximum absolute atomic E-state index is 12.4. The quantitative estimate of drug-likeness (QED) is 0.860. The van der Waals surface area contributed by atoms with Crippen molar-refractivity contribution in [1.82, 2.24) is 9.88 Å². The second-order valence-electron chi connectivity index (χ2n) is 5.28. The molecule has 0 radical (unpaired) electrons. The number of nitrogens with zero attached hydrogens (tertiary/aromatic N) is 1. The summed E-state index contributed by atoms with van der Waals surface area (Å²) in [6.07, 6.45) is 5.19. The van der Waals surface area contributed by atoms with Crippen LogP contribution in [0.1, 0.15) is 29.8 Å². The van der Waals surface area contributed by atoms with E-state index < -0.39 is 0 Å². The lowest BCUT2D eigenvalue weighted by atomic mass is 10.1. The lowest BCUT2D eigenvalue weighted by molar-refractivity contribution is 0.0719. The molecule has 1 fully saturated rings. The maximum atomic E-state index is 12.4. The summed E-state index contributed by atoms with van der Waals surface area (Å²) in [5.41, 5.74) is 2.38. The summed E-state index contributed by atoms with van der Waals surface area (Å²) in [5.74, 6) is 0.0611. The summed E-state index contributed by atoms with van der Waals surface area (Å²) in [6.45, 7) is 1.68. The molecular formula is C16H16Cl2N2O. The van der Waals surface area contributed by atoms with Crippen molar-refractivity contribution in [3.05, 3.63) is 46.2 Å². The predicted molar refractivity (Wildman–Crippen MR) is 86.0 cm³/mol. The van der Waals surface area contributed by atoms with Crippen molar-refractivity contribution in [1.29, 1.82) is 0 Å². The van der Waals surface area contributed by atoms with Gasteiger partial charge in [-0.25, -0.2) is 0 Å². The fraction of sp³-hybridized carbons (Fsp3) is 0.312. The third-order valence-corrected chi connectivity index (χ3v) is 4.35. The highest BCUT2D eigenvalue weighted by atomic mass is 35.5. The van der Waals surface area contributed by atoms with Crippen molar-refractivity contribution in [3.63, 3.8) is 0 Å². The molecule has 0 unspecified atom stereocenters. The van der Waals surface area contributed by atoms with Crippen LogP contribution in [0.2, 0.25) is 10.0 Å². The summed E-state index contributed by atoms with van der Waals surface area (Å²) < 4.78 is 0. The summed E-state index contributed by atoms with van der Waals surface area (Å²) in [7, 11) is 0. The molecule has 3 rings (SSSR count). The zero-order chi connectivity index (χ0) is 14.8. The summed E-state index contributed by atoms with van der Waals surface area (Å²) in [5, 5.41) is 1.18. The van der Waals surface area contributed by atoms with E-state index in [0.29, 0.717) is 15.7 Å². The predicted octanol–water partition coefficient (Wildman–Crippen LogP) is 4.61. The van der Waals surface area contributed by atoms with Gasteiger partial charge in [-0.1, -0.05) is 29.3 Å². The Morgan fingerprint density at radius 2 is 1.86 bits per heavy atom. The van der Waals surface area contributed by atoms with E-state index in [1.54, 1.807) is 12.1 Å². The van der Waals surface area contributed by atoms with Crippen molar-refractivity contribution < 1.29 is 4.79 Å². The Labute approximate surface area is 133 Å². The minimum Gasteiger partial charge on any atom is -0.357 e. The van der Waals surface area contributed by atoms with Crippen LogP contribution in [0.5, 0.6) is 0 Å². The van der Waals surface area contributed by atoms with Crippen LogP contribution in [0.15, 0.2) is 30.5 Å². The van der Waals surface area contributed by atoms with Crippen molar-refractivity contribution in [3.8, 4) is 11.1 Å². The first-order valence-corrected chi connectivity index (χ1v) is 7.84. The number of nitrogens with one attached hydrogen (secondary N) is 1. The van der Waals surface area contributed by atoms with E-state index in [1.807, 2.05) is 23.2 Å². The highest BCUT2D eigenvalue weighted by molar-refractivity contribution is 6.36. The van der Waals surface area contributed by atoms with E-state index in [4.69, 9.17) is 23.2 Å². The monoisotopic (exact) mass is 322 g/mol. The van der Waals surface area contributed by atoms with Crippen molar-refractivity contribution in [2.45, 2.75) is 19.3 Å². The molecule has 2 heterocycles. The molecular weight excluding hydrogens is 307 g/mol. The zero-order valence-electron chi connectivity index (χ0n) is 11.5. The molecule has 0 aliphatic carbocycles. The first-order valence-electron chi connectivity index (χ1n) is 7.08. The number of hydrogen-bond donors (Lipinski definition) is 1. The lowest BCUT2D eigenvalue weighted by Gasteiger charge is -2.26. The first-order chi connectivity index (χ1) is 10.1. The minimum atomic E-state index is 0.0611. The lowest BCUT2D eigenvalue weighted by Crippen LogP contribution is -2.35. The molecule has 2 aromatic rings. The molecule has 1 aromatic heterocycles. The van der Waals surface area contributed by atoms with Crippen molar-refractivity contribution >= 4 is 29.1 Å². The number of likely N-dealkylation sites (tertiary alicyclic amines) is 1. The van der Waals surface area contributed by atoms with E-state index in [0.717, 1.165) is 37.1 Å². The Morgan fingerprint density at radius 1 is 1.10 bits per heavy atom. The van der Waals surface area contributed by atoms with Crippen LogP contribution in [0.3, 0.4) is 0 Å². The molecule has 1 saturated heterocycles. The highest BCUT2D eigenvalue weighted by Crippen LogP contribution is 2.31. The topological polar surface area (TPSA) is 36.1 Å². The first kappa shape index (κ1) is 14.5. The number of halogens is 2. The van der Waals surface area contributed by atoms with Crippen LogP contribution in [-0.4, -0.2) is 28.9 Å². The molecule has 1 N–H and O–H groups in total. The van der Waals surface area contributed by atoms with Gasteiger partial charge in [-0.15, -0.1) is 0 Å². The Kier molecular flexibility index (Phi) is 4.22. The molecule has 0 spiro atoms. The molecule has 1 amide bonds. The van der Waals surface area contributed by atoms with Gasteiger partial charge in [-0.3, -0.25) is 4.79 Å². The summed E-state index contributed by atoms with van der Waals surface area (Å²) in [6, 6.07) is 7.22. The Bertz CT molecular complexity index is 660. The second kappa shape index (κ2) is 6.12. The largest absolute Gasteiger partial charge is 0.357 e. The number of rotatable bonds is 2. The van der Waals surface area contributed by atoms with Gasteiger partial charge >= 0.3 is 0 Å². The average Bonchev–Trinajstić information content (AvgIpc) is 2.97. The zero-order valence-corrected chi connectivity index (χ0v) is 13.0. The number of piperidine rings is 1. The Morgan fingerprint density at radius 3 is 2.57 bits per heavy atom. The van der Waals surface area contributed by atoms with E-state index in [9.17, 15) is 4.79 Å². The van der Waals surface area contributed by atoms with Crippen molar-refractivity contribution in [2.75, 3.05) is 13.1 Å². The number of carbonyl (C=O) groups excluding carboxylic acids is 1. The molecule has 3 nitrogen and oxygen atoms in total. The standard InChI is InChI=1S/C16H16Cl2N2O/c17-12-4-5-13(14(18)9-12)11-8-15(19-10-11)16(21)20-6-2-1-3-7-20/h4-5,8-10,19H,1-3,6-7H2. The van der Waals surface area contributed by atoms with Gasteiger partial charge in [-0.2, -0.15) is 0 Å². The average molecular weight is 323 g/mol. The molecule has 110 valence electrons. The van der Waals surface area contributed by atoms with Crippen LogP contribution in [0.25, 0.3) is 11.1 Å². The SMILES string of the molecule is O=C(c1cc(-c2ccc(Cl)cc2Cl)c[nH]1)N1CCCCC1. The van der Waals surface area contributed by atoms with Crippen LogP contribution >= 0.6 is 23.2 Å². The fourth-order valence-corrected chi connectivity index (χ4v) is 3.18. The second-order valence-corrected chi connectivity index (χ2v) is 6.12. The molecule has 1 aliphatic heterocycles. The van der Waals surface area contributed by atoms with Gasteiger partial charge in [0.05, 0.1) is 0 Å². The summed E-state index contributed by atoms with van der Waals surface area (Å²) >= 11 is 12.1. The third kappa shape index (κ3) is 3.09. The summed E-state index contributed by atoms with van der Waals surface area (Å²) in [4.78, 5) is 17.4. The van der Waals surface area contributed by atoms with Crippen LogP contribution in [0.4, 0.5) is 0 Å². The number of H-pyrrole nitrogens is 1. The normalized spacial score (nSPS) is 15.2. The van der Waals surface area contributed by atoms with Gasteiger partial charge in [0.15, 0.2) is 0 Å². The van der Waals surface area contributed by atoms with Gasteiger partial charge in [-0.05, 0) is 37.5 Å². The maximum Gasteiger partial charge on any atom is 0.270 e. The fourth-order valence-electron chi connectivity index (χ4n) is 2.66. The number of hydrogen-bond acceptors (Lipinski definition) is 1. The molecule has 1 aliphatic rings. The molecule has 1 aromatic carbocycles. The number of aromatic amines is 1. The molecule has 0 saturated carbocycles. The number of aromatic nitrogens is 1. The number of carbonyl (C=O) groups is 1. The third-order valence-electron chi connectivity index (χ3n) is 3.80. The molecule has 0 atom stereocenters. The molecule has 0 bridgehead atoms. The van der Waals surface area contributed by atoms with Gasteiger partial charge in [0.25, 0.3) is 5.91 Å². The van der Waals surface area contributed by atoms with Gasteiger partial charge in [0.1, 0.15) is 5.69 Å². The van der Waals surface area contributed by atoms with Crippen molar-refractivity contribution in [2.24, 2.45) is 0 Å². The highest BCUT2D eigenvalue weighted by Gasteiger charge is 2.20. The van der Waals surface area contributed by atoms with E-state index in [2.05, 4.69) is 4.98 Å². The smallest absolute Gasteiger partial charge is 0.270 e. The van der Waals surface area contributed by atoms with Gasteiger partial charge in [0, 0.05) is 40.5 Å². The van der Waals surface area contributed by atoms with Gasteiger partial charge < -0.3 is 9.88 Å². The minimum absolute atomic E-state index is 0.0611. The Hall–Kier alpha value is -1.45.